The first-order chi connectivity index (χ1) is 16.5. The Balaban J connectivity index is 1.07. The summed E-state index contributed by atoms with van der Waals surface area (Å²) in [6.07, 6.45) is 6.30. The minimum Gasteiger partial charge on any atom is -0.335 e. The number of hydrogen-bond acceptors (Lipinski definition) is 7. The van der Waals surface area contributed by atoms with E-state index in [0.717, 1.165) is 60.4 Å². The summed E-state index contributed by atoms with van der Waals surface area (Å²) in [7, 11) is 0. The van der Waals surface area contributed by atoms with Crippen LogP contribution in [0.5, 0.6) is 0 Å². The van der Waals surface area contributed by atoms with Gasteiger partial charge in [-0.1, -0.05) is 0 Å². The van der Waals surface area contributed by atoms with Crippen LogP contribution < -0.4 is 10.9 Å². The molecule has 2 amide bonds. The van der Waals surface area contributed by atoms with Gasteiger partial charge in [-0.15, -0.1) is 22.7 Å². The van der Waals surface area contributed by atoms with E-state index in [1.165, 1.54) is 28.2 Å². The van der Waals surface area contributed by atoms with Crippen molar-refractivity contribution in [2.45, 2.75) is 45.1 Å². The van der Waals surface area contributed by atoms with Crippen LogP contribution in [0, 0.1) is 5.92 Å². The first kappa shape index (κ1) is 21.9. The van der Waals surface area contributed by atoms with Gasteiger partial charge in [-0.3, -0.25) is 19.3 Å². The lowest BCUT2D eigenvalue weighted by atomic mass is 9.97. The van der Waals surface area contributed by atoms with Crippen molar-refractivity contribution in [3.8, 4) is 0 Å². The summed E-state index contributed by atoms with van der Waals surface area (Å²) < 4.78 is 0. The van der Waals surface area contributed by atoms with Crippen LogP contribution in [0.4, 0.5) is 5.00 Å². The largest absolute Gasteiger partial charge is 0.335 e. The molecule has 2 fully saturated rings. The molecule has 8 nitrogen and oxygen atoms in total. The fourth-order valence-electron chi connectivity index (χ4n) is 4.86. The van der Waals surface area contributed by atoms with Crippen LogP contribution >= 0.6 is 22.7 Å². The molecule has 3 aromatic heterocycles. The highest BCUT2D eigenvalue weighted by atomic mass is 32.1. The van der Waals surface area contributed by atoms with Crippen molar-refractivity contribution in [3.05, 3.63) is 43.6 Å². The summed E-state index contributed by atoms with van der Waals surface area (Å²) >= 11 is 3.05. The first-order valence-electron chi connectivity index (χ1n) is 12.0. The number of rotatable bonds is 5. The molecule has 1 aliphatic heterocycles. The van der Waals surface area contributed by atoms with Crippen LogP contribution in [0.3, 0.4) is 0 Å². The SMILES string of the molecule is O=C(Nc1ccc(C(=O)N2CCN(Cc3nc(=O)c4c5c(sc4[nH]3)CCCC5)CC2)s1)C1CC1. The van der Waals surface area contributed by atoms with Gasteiger partial charge in [-0.05, 0) is 56.2 Å². The molecule has 2 aliphatic carbocycles. The smallest absolute Gasteiger partial charge is 0.282 e. The molecule has 1 saturated heterocycles. The lowest BCUT2D eigenvalue weighted by Gasteiger charge is -2.34. The second-order valence-electron chi connectivity index (χ2n) is 9.40. The fourth-order valence-corrected chi connectivity index (χ4v) is 7.04. The molecule has 4 heterocycles. The second kappa shape index (κ2) is 8.90. The molecule has 0 aromatic carbocycles. The molecule has 0 atom stereocenters. The average Bonchev–Trinajstić information content (AvgIpc) is 3.48. The van der Waals surface area contributed by atoms with Gasteiger partial charge in [0.25, 0.3) is 11.5 Å². The number of hydrogen-bond donors (Lipinski definition) is 2. The van der Waals surface area contributed by atoms with E-state index in [2.05, 4.69) is 20.2 Å². The van der Waals surface area contributed by atoms with E-state index in [-0.39, 0.29) is 23.3 Å². The molecule has 0 unspecified atom stereocenters. The van der Waals surface area contributed by atoms with E-state index < -0.39 is 0 Å². The van der Waals surface area contributed by atoms with E-state index in [1.54, 1.807) is 17.4 Å². The van der Waals surface area contributed by atoms with Crippen LogP contribution in [0.1, 0.15) is 51.6 Å². The molecule has 1 saturated carbocycles. The van der Waals surface area contributed by atoms with Crippen LogP contribution in [-0.4, -0.2) is 57.8 Å². The Morgan fingerprint density at radius 1 is 1.09 bits per heavy atom. The maximum absolute atomic E-state index is 12.9. The van der Waals surface area contributed by atoms with Gasteiger partial charge < -0.3 is 15.2 Å². The monoisotopic (exact) mass is 497 g/mol. The number of amides is 2. The van der Waals surface area contributed by atoms with Gasteiger partial charge in [-0.2, -0.15) is 4.98 Å². The van der Waals surface area contributed by atoms with Crippen LogP contribution in [-0.2, 0) is 24.2 Å². The number of thiophene rings is 2. The predicted octanol–water partition coefficient (Wildman–Crippen LogP) is 3.23. The molecule has 34 heavy (non-hydrogen) atoms. The number of piperazine rings is 1. The van der Waals surface area contributed by atoms with E-state index in [1.807, 2.05) is 11.0 Å². The van der Waals surface area contributed by atoms with Gasteiger partial charge in [0.15, 0.2) is 0 Å². The van der Waals surface area contributed by atoms with Crippen molar-refractivity contribution in [1.82, 2.24) is 19.8 Å². The zero-order valence-corrected chi connectivity index (χ0v) is 20.5. The minimum atomic E-state index is -0.112. The lowest BCUT2D eigenvalue weighted by molar-refractivity contribution is -0.117. The molecule has 178 valence electrons. The Bertz CT molecular complexity index is 1310. The molecule has 6 rings (SSSR count). The van der Waals surface area contributed by atoms with Gasteiger partial charge in [-0.25, -0.2) is 0 Å². The molecule has 0 spiro atoms. The second-order valence-corrected chi connectivity index (χ2v) is 11.6. The standard InChI is InChI=1S/C24H27N5O3S2/c30-21(14-5-6-14)27-19-8-7-17(33-19)24(32)29-11-9-28(10-12-29)13-18-25-22(31)20-15-3-1-2-4-16(15)34-23(20)26-18/h7-8,14H,1-6,9-13H2,(H,27,30)(H,25,26,31). The first-order valence-corrected chi connectivity index (χ1v) is 13.6. The number of anilines is 1. The van der Waals surface area contributed by atoms with Crippen LogP contribution in [0.2, 0.25) is 0 Å². The summed E-state index contributed by atoms with van der Waals surface area (Å²) in [6, 6.07) is 3.61. The molecule has 3 aromatic rings. The third-order valence-corrected chi connectivity index (χ3v) is 9.12. The van der Waals surface area contributed by atoms with Gasteiger partial charge in [0, 0.05) is 37.0 Å². The number of H-pyrrole nitrogens is 1. The van der Waals surface area contributed by atoms with Crippen molar-refractivity contribution in [1.29, 1.82) is 0 Å². The van der Waals surface area contributed by atoms with Gasteiger partial charge in [0.05, 0.1) is 21.8 Å². The number of carbonyl (C=O) groups is 2. The van der Waals surface area contributed by atoms with Crippen molar-refractivity contribution < 1.29 is 9.59 Å². The highest BCUT2D eigenvalue weighted by Crippen LogP contribution is 2.34. The third-order valence-electron chi connectivity index (χ3n) is 6.92. The number of aromatic nitrogens is 2. The summed E-state index contributed by atoms with van der Waals surface area (Å²) in [6.45, 7) is 3.28. The molecular formula is C24H27N5O3S2. The number of aromatic amines is 1. The Hall–Kier alpha value is -2.56. The molecule has 3 aliphatic rings. The molecule has 2 N–H and O–H groups in total. The Kier molecular flexibility index (Phi) is 5.74. The quantitative estimate of drug-likeness (QED) is 0.564. The van der Waals surface area contributed by atoms with Crippen molar-refractivity contribution in [3.63, 3.8) is 0 Å². The molecule has 10 heteroatoms. The summed E-state index contributed by atoms with van der Waals surface area (Å²) in [5.74, 6) is 0.908. The van der Waals surface area contributed by atoms with E-state index in [0.29, 0.717) is 30.3 Å². The number of nitrogens with zero attached hydrogens (tertiary/aromatic N) is 3. The van der Waals surface area contributed by atoms with Crippen LogP contribution in [0.25, 0.3) is 10.2 Å². The van der Waals surface area contributed by atoms with Gasteiger partial charge in [0.1, 0.15) is 10.7 Å². The Labute approximate surface area is 205 Å². The fraction of sp³-hybridized carbons (Fsp3) is 0.500. The maximum Gasteiger partial charge on any atom is 0.282 e. The minimum absolute atomic E-state index is 0.00804. The number of nitrogens with one attached hydrogen (secondary N) is 2. The highest BCUT2D eigenvalue weighted by Gasteiger charge is 2.30. The third kappa shape index (κ3) is 4.30. The lowest BCUT2D eigenvalue weighted by Crippen LogP contribution is -2.48. The van der Waals surface area contributed by atoms with Gasteiger partial charge >= 0.3 is 0 Å². The normalized spacial score (nSPS) is 18.8. The Morgan fingerprint density at radius 2 is 1.88 bits per heavy atom. The Morgan fingerprint density at radius 3 is 2.68 bits per heavy atom. The molecular weight excluding hydrogens is 470 g/mol. The average molecular weight is 498 g/mol. The summed E-state index contributed by atoms with van der Waals surface area (Å²) in [5.41, 5.74) is 1.10. The summed E-state index contributed by atoms with van der Waals surface area (Å²) in [4.78, 5) is 52.5. The molecule has 0 radical (unpaired) electrons. The van der Waals surface area contributed by atoms with Gasteiger partial charge in [0.2, 0.25) is 5.91 Å². The van der Waals surface area contributed by atoms with Crippen molar-refractivity contribution >= 4 is 49.7 Å². The highest BCUT2D eigenvalue weighted by molar-refractivity contribution is 7.19. The molecule has 0 bridgehead atoms. The van der Waals surface area contributed by atoms with E-state index >= 15 is 0 Å². The van der Waals surface area contributed by atoms with Crippen LogP contribution in [0.15, 0.2) is 16.9 Å². The maximum atomic E-state index is 12.9. The zero-order valence-electron chi connectivity index (χ0n) is 18.9. The zero-order chi connectivity index (χ0) is 23.2. The van der Waals surface area contributed by atoms with E-state index in [4.69, 9.17) is 0 Å². The van der Waals surface area contributed by atoms with E-state index in [9.17, 15) is 14.4 Å². The number of fused-ring (bicyclic) bond motifs is 3. The van der Waals surface area contributed by atoms with Crippen molar-refractivity contribution in [2.75, 3.05) is 31.5 Å². The number of carbonyl (C=O) groups excluding carboxylic acids is 2. The van der Waals surface area contributed by atoms with Crippen molar-refractivity contribution in [2.24, 2.45) is 5.92 Å². The predicted molar refractivity (Wildman–Crippen MR) is 134 cm³/mol. The summed E-state index contributed by atoms with van der Waals surface area (Å²) in [5, 5.41) is 4.44. The number of aryl methyl sites for hydroxylation is 2. The topological polar surface area (TPSA) is 98.4 Å².